The number of alkyl halides is 3. The van der Waals surface area contributed by atoms with Gasteiger partial charge in [-0.1, -0.05) is 0 Å². The number of rotatable bonds is 5. The van der Waals surface area contributed by atoms with E-state index in [1.165, 1.54) is 10.7 Å². The number of carbonyl (C=O) groups excluding carboxylic acids is 1. The van der Waals surface area contributed by atoms with Crippen molar-refractivity contribution in [3.63, 3.8) is 0 Å². The molecule has 2 saturated heterocycles. The van der Waals surface area contributed by atoms with Crippen molar-refractivity contribution in [2.24, 2.45) is 0 Å². The van der Waals surface area contributed by atoms with Crippen molar-refractivity contribution in [3.05, 3.63) is 29.7 Å². The van der Waals surface area contributed by atoms with Gasteiger partial charge in [0.25, 0.3) is 5.91 Å². The fourth-order valence-corrected chi connectivity index (χ4v) is 4.42. The SMILES string of the molecule is C[C@@H]1CC[C@H](CNC(=O)c2oc3ccc4cn(C[C@H]5COCCO5)nc4c3c2C(F)(F)F)O1. The molecule has 3 atom stereocenters. The molecule has 2 fully saturated rings. The third-order valence-corrected chi connectivity index (χ3v) is 5.95. The summed E-state index contributed by atoms with van der Waals surface area (Å²) >= 11 is 0. The monoisotopic (exact) mass is 467 g/mol. The van der Waals surface area contributed by atoms with Crippen LogP contribution in [0.1, 0.15) is 35.9 Å². The summed E-state index contributed by atoms with van der Waals surface area (Å²) < 4.78 is 66.0. The second kappa shape index (κ2) is 8.62. The lowest BCUT2D eigenvalue weighted by Crippen LogP contribution is -2.33. The average molecular weight is 467 g/mol. The number of aromatic nitrogens is 2. The van der Waals surface area contributed by atoms with Crippen molar-refractivity contribution in [2.75, 3.05) is 26.4 Å². The molecule has 0 spiro atoms. The Morgan fingerprint density at radius 2 is 2.09 bits per heavy atom. The molecule has 4 heterocycles. The molecule has 1 aromatic carbocycles. The van der Waals surface area contributed by atoms with E-state index in [0.717, 1.165) is 12.8 Å². The topological polar surface area (TPSA) is 87.8 Å². The van der Waals surface area contributed by atoms with Crippen LogP contribution in [0.2, 0.25) is 0 Å². The van der Waals surface area contributed by atoms with Gasteiger partial charge >= 0.3 is 6.18 Å². The first-order valence-electron chi connectivity index (χ1n) is 10.9. The number of carbonyl (C=O) groups is 1. The van der Waals surface area contributed by atoms with Crippen molar-refractivity contribution in [3.8, 4) is 0 Å². The summed E-state index contributed by atoms with van der Waals surface area (Å²) in [4.78, 5) is 12.7. The summed E-state index contributed by atoms with van der Waals surface area (Å²) in [5.41, 5.74) is -1.05. The molecule has 3 aromatic rings. The van der Waals surface area contributed by atoms with Gasteiger partial charge in [-0.2, -0.15) is 18.3 Å². The quantitative estimate of drug-likeness (QED) is 0.618. The van der Waals surface area contributed by atoms with Gasteiger partial charge in [-0.3, -0.25) is 9.48 Å². The van der Waals surface area contributed by atoms with Gasteiger partial charge in [0.15, 0.2) is 0 Å². The lowest BCUT2D eigenvalue weighted by atomic mass is 10.1. The Labute approximate surface area is 186 Å². The van der Waals surface area contributed by atoms with Gasteiger partial charge in [-0.05, 0) is 31.9 Å². The summed E-state index contributed by atoms with van der Waals surface area (Å²) in [6.45, 7) is 3.73. The van der Waals surface area contributed by atoms with Crippen molar-refractivity contribution in [2.45, 2.75) is 50.8 Å². The second-order valence-electron chi connectivity index (χ2n) is 8.46. The number of ether oxygens (including phenoxy) is 3. The van der Waals surface area contributed by atoms with Gasteiger partial charge < -0.3 is 23.9 Å². The molecule has 0 aliphatic carbocycles. The van der Waals surface area contributed by atoms with E-state index >= 15 is 0 Å². The van der Waals surface area contributed by atoms with E-state index in [4.69, 9.17) is 18.6 Å². The summed E-state index contributed by atoms with van der Waals surface area (Å²) in [7, 11) is 0. The van der Waals surface area contributed by atoms with Gasteiger partial charge in [0, 0.05) is 18.1 Å². The van der Waals surface area contributed by atoms with E-state index in [2.05, 4.69) is 10.4 Å². The van der Waals surface area contributed by atoms with Crippen LogP contribution in [-0.2, 0) is 26.9 Å². The van der Waals surface area contributed by atoms with E-state index < -0.39 is 23.4 Å². The molecular weight excluding hydrogens is 443 g/mol. The van der Waals surface area contributed by atoms with Gasteiger partial charge in [0.2, 0.25) is 5.76 Å². The molecule has 0 unspecified atom stereocenters. The van der Waals surface area contributed by atoms with Crippen molar-refractivity contribution in [1.29, 1.82) is 0 Å². The largest absolute Gasteiger partial charge is 0.450 e. The number of amides is 1. The van der Waals surface area contributed by atoms with E-state index in [-0.39, 0.29) is 41.3 Å². The zero-order valence-corrected chi connectivity index (χ0v) is 18.0. The molecule has 178 valence electrons. The summed E-state index contributed by atoms with van der Waals surface area (Å²) in [5.74, 6) is -1.70. The van der Waals surface area contributed by atoms with E-state index in [1.54, 1.807) is 12.3 Å². The zero-order valence-electron chi connectivity index (χ0n) is 18.0. The Morgan fingerprint density at radius 1 is 1.24 bits per heavy atom. The van der Waals surface area contributed by atoms with Crippen LogP contribution >= 0.6 is 0 Å². The minimum absolute atomic E-state index is 0.0480. The van der Waals surface area contributed by atoms with Crippen LogP contribution in [0.5, 0.6) is 0 Å². The van der Waals surface area contributed by atoms with Crippen molar-refractivity contribution in [1.82, 2.24) is 15.1 Å². The summed E-state index contributed by atoms with van der Waals surface area (Å²) in [6, 6.07) is 3.05. The van der Waals surface area contributed by atoms with Crippen LogP contribution in [0.25, 0.3) is 21.9 Å². The fourth-order valence-electron chi connectivity index (χ4n) is 4.42. The van der Waals surface area contributed by atoms with E-state index in [9.17, 15) is 18.0 Å². The Morgan fingerprint density at radius 3 is 2.79 bits per heavy atom. The highest BCUT2D eigenvalue weighted by atomic mass is 19.4. The smallest absolute Gasteiger partial charge is 0.421 e. The Kier molecular flexibility index (Phi) is 5.79. The van der Waals surface area contributed by atoms with Gasteiger partial charge in [0.05, 0.1) is 44.0 Å². The molecular formula is C22H24F3N3O5. The predicted octanol–water partition coefficient (Wildman–Crippen LogP) is 3.51. The molecule has 2 aliphatic heterocycles. The molecule has 1 amide bonds. The number of halogens is 3. The lowest BCUT2D eigenvalue weighted by Gasteiger charge is -2.22. The fraction of sp³-hybridized carbons (Fsp3) is 0.545. The van der Waals surface area contributed by atoms with E-state index in [1.807, 2.05) is 6.92 Å². The van der Waals surface area contributed by atoms with Crippen LogP contribution < -0.4 is 5.32 Å². The minimum Gasteiger partial charge on any atom is -0.450 e. The molecule has 0 saturated carbocycles. The second-order valence-corrected chi connectivity index (χ2v) is 8.46. The molecule has 11 heteroatoms. The number of nitrogens with zero attached hydrogens (tertiary/aromatic N) is 2. The molecule has 0 radical (unpaired) electrons. The zero-order chi connectivity index (χ0) is 23.2. The number of nitrogens with one attached hydrogen (secondary N) is 1. The van der Waals surface area contributed by atoms with Crippen molar-refractivity contribution >= 4 is 27.8 Å². The van der Waals surface area contributed by atoms with Crippen LogP contribution in [0.15, 0.2) is 22.7 Å². The normalized spacial score (nSPS) is 24.1. The number of benzene rings is 1. The molecule has 1 N–H and O–H groups in total. The Balaban J connectivity index is 1.49. The van der Waals surface area contributed by atoms with Crippen molar-refractivity contribution < 1.29 is 36.6 Å². The summed E-state index contributed by atoms with van der Waals surface area (Å²) in [5, 5.41) is 7.18. The maximum Gasteiger partial charge on any atom is 0.421 e. The van der Waals surface area contributed by atoms with E-state index in [0.29, 0.717) is 31.8 Å². The van der Waals surface area contributed by atoms with Crippen LogP contribution in [0, 0.1) is 0 Å². The lowest BCUT2D eigenvalue weighted by molar-refractivity contribution is -0.137. The third kappa shape index (κ3) is 4.44. The first-order valence-corrected chi connectivity index (χ1v) is 10.9. The molecule has 8 nitrogen and oxygen atoms in total. The number of hydrogen-bond donors (Lipinski definition) is 1. The Bertz CT molecular complexity index is 1170. The average Bonchev–Trinajstić information content (AvgIpc) is 3.47. The first-order chi connectivity index (χ1) is 15.8. The highest BCUT2D eigenvalue weighted by Gasteiger charge is 2.42. The number of fused-ring (bicyclic) bond motifs is 3. The maximum absolute atomic E-state index is 14.1. The van der Waals surface area contributed by atoms with Crippen LogP contribution in [0.3, 0.4) is 0 Å². The standard InChI is InChI=1S/C22H24F3N3O5/c1-12-2-4-14(32-12)8-26-21(29)20-18(22(23,24)25)17-16(33-20)5-3-13-9-28(27-19(13)17)10-15-11-30-6-7-31-15/h3,5,9,12,14-15H,2,4,6-8,10-11H2,1H3,(H,26,29)/t12-,14-,15+/m1/s1. The van der Waals surface area contributed by atoms with Crippen LogP contribution in [0.4, 0.5) is 13.2 Å². The minimum atomic E-state index is -4.81. The predicted molar refractivity (Wildman–Crippen MR) is 111 cm³/mol. The molecule has 2 aromatic heterocycles. The third-order valence-electron chi connectivity index (χ3n) is 5.95. The Hall–Kier alpha value is -2.63. The van der Waals surface area contributed by atoms with Crippen LogP contribution in [-0.4, -0.2) is 60.4 Å². The van der Waals surface area contributed by atoms with Gasteiger partial charge in [-0.15, -0.1) is 0 Å². The molecule has 2 aliphatic rings. The molecule has 5 rings (SSSR count). The maximum atomic E-state index is 14.1. The summed E-state index contributed by atoms with van der Waals surface area (Å²) in [6.07, 6.45) is -1.97. The molecule has 0 bridgehead atoms. The first kappa shape index (κ1) is 22.2. The number of furan rings is 1. The highest BCUT2D eigenvalue weighted by molar-refractivity contribution is 6.09. The number of hydrogen-bond acceptors (Lipinski definition) is 6. The molecule has 33 heavy (non-hydrogen) atoms. The van der Waals surface area contributed by atoms with Gasteiger partial charge in [0.1, 0.15) is 22.8 Å². The highest BCUT2D eigenvalue weighted by Crippen LogP contribution is 2.42. The van der Waals surface area contributed by atoms with Gasteiger partial charge in [-0.25, -0.2) is 0 Å².